The number of nitrogens with zero attached hydrogens (tertiary/aromatic N) is 1. The van der Waals surface area contributed by atoms with Gasteiger partial charge in [0.25, 0.3) is 0 Å². The molecule has 13 heavy (non-hydrogen) atoms. The van der Waals surface area contributed by atoms with E-state index in [4.69, 9.17) is 15.4 Å². The molecule has 0 saturated heterocycles. The van der Waals surface area contributed by atoms with Crippen LogP contribution < -0.4 is 5.73 Å². The minimum absolute atomic E-state index is 0. The van der Waals surface area contributed by atoms with Gasteiger partial charge in [0.05, 0.1) is 18.5 Å². The Kier molecular flexibility index (Phi) is 5.20. The summed E-state index contributed by atoms with van der Waals surface area (Å²) in [6, 6.07) is 5.46. The summed E-state index contributed by atoms with van der Waals surface area (Å²) in [7, 11) is 0. The van der Waals surface area contributed by atoms with Crippen LogP contribution in [0.15, 0.2) is 16.5 Å². The molecule has 0 fully saturated rings. The van der Waals surface area contributed by atoms with E-state index in [9.17, 15) is 0 Å². The maximum absolute atomic E-state index is 8.39. The number of aryl methyl sites for hydroxylation is 1. The van der Waals surface area contributed by atoms with E-state index in [-0.39, 0.29) is 18.4 Å². The number of furan rings is 1. The third-order valence-corrected chi connectivity index (χ3v) is 1.71. The van der Waals surface area contributed by atoms with Gasteiger partial charge in [0.15, 0.2) is 0 Å². The quantitative estimate of drug-likeness (QED) is 0.814. The Bertz CT molecular complexity index is 290. The van der Waals surface area contributed by atoms with Crippen LogP contribution in [0.1, 0.15) is 30.9 Å². The summed E-state index contributed by atoms with van der Waals surface area (Å²) >= 11 is 0. The molecule has 3 nitrogen and oxygen atoms in total. The fourth-order valence-corrected chi connectivity index (χ4v) is 0.983. The molecule has 0 aliphatic rings. The van der Waals surface area contributed by atoms with Gasteiger partial charge in [-0.3, -0.25) is 0 Å². The van der Waals surface area contributed by atoms with Gasteiger partial charge >= 0.3 is 0 Å². The molecular weight excluding hydrogens is 188 g/mol. The molecule has 0 bridgehead atoms. The van der Waals surface area contributed by atoms with Crippen molar-refractivity contribution in [2.24, 2.45) is 5.73 Å². The van der Waals surface area contributed by atoms with Crippen LogP contribution in [-0.2, 0) is 6.42 Å². The first-order chi connectivity index (χ1) is 5.77. The lowest BCUT2D eigenvalue weighted by molar-refractivity contribution is 0.438. The second kappa shape index (κ2) is 5.63. The maximum Gasteiger partial charge on any atom is 0.121 e. The van der Waals surface area contributed by atoms with Gasteiger partial charge in [-0.2, -0.15) is 5.26 Å². The summed E-state index contributed by atoms with van der Waals surface area (Å²) in [5, 5.41) is 8.39. The average Bonchev–Trinajstić information content (AvgIpc) is 2.52. The van der Waals surface area contributed by atoms with Crippen molar-refractivity contribution in [2.45, 2.75) is 25.8 Å². The molecule has 0 aliphatic carbocycles. The van der Waals surface area contributed by atoms with Gasteiger partial charge in [0.2, 0.25) is 0 Å². The lowest BCUT2D eigenvalue weighted by Crippen LogP contribution is -2.07. The lowest BCUT2D eigenvalue weighted by atomic mass is 10.2. The zero-order valence-corrected chi connectivity index (χ0v) is 8.30. The number of nitriles is 1. The molecule has 0 unspecified atom stereocenters. The second-order valence-electron chi connectivity index (χ2n) is 2.63. The summed E-state index contributed by atoms with van der Waals surface area (Å²) in [5.41, 5.74) is 5.66. The van der Waals surface area contributed by atoms with Crippen LogP contribution in [0.3, 0.4) is 0 Å². The van der Waals surface area contributed by atoms with E-state index < -0.39 is 0 Å². The predicted molar refractivity (Wildman–Crippen MR) is 52.5 cm³/mol. The van der Waals surface area contributed by atoms with Crippen LogP contribution in [0.4, 0.5) is 0 Å². The smallest absolute Gasteiger partial charge is 0.121 e. The number of hydrogen-bond acceptors (Lipinski definition) is 3. The Hall–Kier alpha value is -0.980. The van der Waals surface area contributed by atoms with Crippen molar-refractivity contribution in [3.63, 3.8) is 0 Å². The molecule has 72 valence electrons. The number of halogens is 1. The molecule has 0 aliphatic heterocycles. The zero-order valence-electron chi connectivity index (χ0n) is 7.49. The zero-order chi connectivity index (χ0) is 8.97. The molecule has 0 saturated carbocycles. The van der Waals surface area contributed by atoms with Gasteiger partial charge < -0.3 is 10.2 Å². The number of nitrogens with two attached hydrogens (primary N) is 1. The van der Waals surface area contributed by atoms with Crippen molar-refractivity contribution in [3.8, 4) is 6.07 Å². The van der Waals surface area contributed by atoms with E-state index in [2.05, 4.69) is 0 Å². The van der Waals surface area contributed by atoms with E-state index in [1.54, 1.807) is 0 Å². The predicted octanol–water partition coefficient (Wildman–Crippen LogP) is 2.18. The van der Waals surface area contributed by atoms with Crippen LogP contribution in [0.25, 0.3) is 0 Å². The van der Waals surface area contributed by atoms with Gasteiger partial charge in [0, 0.05) is 6.42 Å². The fourth-order valence-electron chi connectivity index (χ4n) is 0.983. The van der Waals surface area contributed by atoms with Crippen LogP contribution in [0, 0.1) is 11.3 Å². The van der Waals surface area contributed by atoms with Crippen molar-refractivity contribution in [1.29, 1.82) is 5.26 Å². The van der Waals surface area contributed by atoms with Crippen LogP contribution in [0.5, 0.6) is 0 Å². The molecule has 1 aromatic rings. The van der Waals surface area contributed by atoms with Gasteiger partial charge in [0.1, 0.15) is 11.5 Å². The highest BCUT2D eigenvalue weighted by atomic mass is 35.5. The summed E-state index contributed by atoms with van der Waals surface area (Å²) in [4.78, 5) is 0. The molecule has 0 amide bonds. The third kappa shape index (κ3) is 3.10. The van der Waals surface area contributed by atoms with E-state index >= 15 is 0 Å². The molecule has 1 heterocycles. The van der Waals surface area contributed by atoms with Gasteiger partial charge in [-0.1, -0.05) is 6.92 Å². The molecule has 0 radical (unpaired) electrons. The minimum Gasteiger partial charge on any atom is -0.464 e. The number of hydrogen-bond donors (Lipinski definition) is 1. The highest BCUT2D eigenvalue weighted by Gasteiger charge is 2.09. The molecule has 1 aromatic heterocycles. The molecule has 1 atom stereocenters. The Morgan fingerprint density at radius 2 is 2.31 bits per heavy atom. The topological polar surface area (TPSA) is 63.0 Å². The highest BCUT2D eigenvalue weighted by Crippen LogP contribution is 2.16. The maximum atomic E-state index is 8.39. The minimum atomic E-state index is -0.282. The molecular formula is C9H13ClN2O. The average molecular weight is 201 g/mol. The summed E-state index contributed by atoms with van der Waals surface area (Å²) < 4.78 is 5.37. The standard InChI is InChI=1S/C9H12N2O.ClH/c1-2-7-3-4-9(12-7)8(11)5-6-10;/h3-4,8H,2,5,11H2,1H3;1H/t8-;/m1./s1. The molecule has 2 N–H and O–H groups in total. The van der Waals surface area contributed by atoms with Crippen molar-refractivity contribution in [2.75, 3.05) is 0 Å². The number of rotatable bonds is 3. The SMILES string of the molecule is CCc1ccc([C@H](N)CC#N)o1.Cl. The lowest BCUT2D eigenvalue weighted by Gasteiger charge is -2.01. The Morgan fingerprint density at radius 1 is 1.62 bits per heavy atom. The fraction of sp³-hybridized carbons (Fsp3) is 0.444. The van der Waals surface area contributed by atoms with Crippen LogP contribution in [-0.4, -0.2) is 0 Å². The highest BCUT2D eigenvalue weighted by molar-refractivity contribution is 5.85. The van der Waals surface area contributed by atoms with E-state index in [0.29, 0.717) is 12.2 Å². The first-order valence-electron chi connectivity index (χ1n) is 3.99. The molecule has 4 heteroatoms. The molecule has 1 rings (SSSR count). The van der Waals surface area contributed by atoms with Crippen LogP contribution >= 0.6 is 12.4 Å². The Labute approximate surface area is 83.9 Å². The van der Waals surface area contributed by atoms with E-state index in [1.807, 2.05) is 25.1 Å². The van der Waals surface area contributed by atoms with Crippen LogP contribution in [0.2, 0.25) is 0 Å². The van der Waals surface area contributed by atoms with E-state index in [0.717, 1.165) is 12.2 Å². The third-order valence-electron chi connectivity index (χ3n) is 1.71. The van der Waals surface area contributed by atoms with Gasteiger partial charge in [-0.05, 0) is 12.1 Å². The monoisotopic (exact) mass is 200 g/mol. The summed E-state index contributed by atoms with van der Waals surface area (Å²) in [6.45, 7) is 2.01. The van der Waals surface area contributed by atoms with Crippen molar-refractivity contribution >= 4 is 12.4 Å². The summed E-state index contributed by atoms with van der Waals surface area (Å²) in [6.07, 6.45) is 1.16. The van der Waals surface area contributed by atoms with Crippen molar-refractivity contribution < 1.29 is 4.42 Å². The van der Waals surface area contributed by atoms with Gasteiger partial charge in [-0.15, -0.1) is 12.4 Å². The van der Waals surface area contributed by atoms with E-state index in [1.165, 1.54) is 0 Å². The second-order valence-corrected chi connectivity index (χ2v) is 2.63. The molecule has 0 aromatic carbocycles. The first-order valence-corrected chi connectivity index (χ1v) is 3.99. The van der Waals surface area contributed by atoms with Gasteiger partial charge in [-0.25, -0.2) is 0 Å². The first kappa shape index (κ1) is 12.0. The van der Waals surface area contributed by atoms with Crippen molar-refractivity contribution in [3.05, 3.63) is 23.7 Å². The summed E-state index contributed by atoms with van der Waals surface area (Å²) in [5.74, 6) is 1.62. The normalized spacial score (nSPS) is 11.5. The van der Waals surface area contributed by atoms with Crippen molar-refractivity contribution in [1.82, 2.24) is 0 Å². The Morgan fingerprint density at radius 3 is 2.77 bits per heavy atom. The Balaban J connectivity index is 0.00000144. The molecule has 0 spiro atoms. The largest absolute Gasteiger partial charge is 0.464 e.